The first-order valence-corrected chi connectivity index (χ1v) is 10.7. The van der Waals surface area contributed by atoms with Crippen LogP contribution in [0.5, 0.6) is 11.5 Å². The van der Waals surface area contributed by atoms with E-state index in [1.54, 1.807) is 18.9 Å². The van der Waals surface area contributed by atoms with Crippen molar-refractivity contribution in [1.82, 2.24) is 10.2 Å². The average molecular weight is 427 g/mol. The van der Waals surface area contributed by atoms with E-state index < -0.39 is 6.04 Å². The molecule has 0 radical (unpaired) electrons. The van der Waals surface area contributed by atoms with Gasteiger partial charge in [0, 0.05) is 19.0 Å². The quantitative estimate of drug-likeness (QED) is 0.549. The van der Waals surface area contributed by atoms with E-state index in [4.69, 9.17) is 9.47 Å². The predicted octanol–water partition coefficient (Wildman–Crippen LogP) is 4.10. The predicted molar refractivity (Wildman–Crippen MR) is 122 cm³/mol. The van der Waals surface area contributed by atoms with Gasteiger partial charge < -0.3 is 19.7 Å². The molecule has 0 aliphatic carbocycles. The van der Waals surface area contributed by atoms with Gasteiger partial charge in [0.2, 0.25) is 11.8 Å². The second-order valence-corrected chi connectivity index (χ2v) is 7.98. The summed E-state index contributed by atoms with van der Waals surface area (Å²) in [7, 11) is 1.61. The van der Waals surface area contributed by atoms with Gasteiger partial charge in [-0.05, 0) is 63.9 Å². The first-order valence-electron chi connectivity index (χ1n) is 10.7. The number of ether oxygens (including phenoxy) is 2. The Balaban J connectivity index is 2.02. The Bertz CT molecular complexity index is 849. The number of nitrogens with one attached hydrogen (secondary N) is 1. The molecule has 0 heterocycles. The van der Waals surface area contributed by atoms with Crippen molar-refractivity contribution in [1.29, 1.82) is 0 Å². The third-order valence-corrected chi connectivity index (χ3v) is 4.91. The number of rotatable bonds is 11. The molecule has 1 N–H and O–H groups in total. The highest BCUT2D eigenvalue weighted by Crippen LogP contribution is 2.17. The molecule has 0 aliphatic heterocycles. The lowest BCUT2D eigenvalue weighted by molar-refractivity contribution is -0.141. The van der Waals surface area contributed by atoms with Gasteiger partial charge in [-0.2, -0.15) is 0 Å². The Morgan fingerprint density at radius 3 is 2.39 bits per heavy atom. The SMILES string of the molecule is COc1cccc(CN(C(=O)CCCOc2ccc(C)cc2)C(C)C(=O)NC(C)C)c1. The number of hydrogen-bond donors (Lipinski definition) is 1. The number of carbonyl (C=O) groups excluding carboxylic acids is 2. The van der Waals surface area contributed by atoms with Gasteiger partial charge in [0.05, 0.1) is 13.7 Å². The van der Waals surface area contributed by atoms with E-state index in [-0.39, 0.29) is 17.9 Å². The fourth-order valence-electron chi connectivity index (χ4n) is 3.15. The minimum absolute atomic E-state index is 0.00614. The molecule has 6 nitrogen and oxygen atoms in total. The van der Waals surface area contributed by atoms with Crippen LogP contribution in [0.4, 0.5) is 0 Å². The molecule has 6 heteroatoms. The number of hydrogen-bond acceptors (Lipinski definition) is 4. The molecule has 0 bridgehead atoms. The van der Waals surface area contributed by atoms with Crippen LogP contribution in [0.1, 0.15) is 44.7 Å². The number of amides is 2. The molecular formula is C25H34N2O4. The van der Waals surface area contributed by atoms with Crippen molar-refractivity contribution in [3.63, 3.8) is 0 Å². The van der Waals surface area contributed by atoms with Crippen molar-refractivity contribution in [2.24, 2.45) is 0 Å². The molecule has 0 fully saturated rings. The highest BCUT2D eigenvalue weighted by Gasteiger charge is 2.26. The van der Waals surface area contributed by atoms with E-state index in [1.165, 1.54) is 5.56 Å². The lowest BCUT2D eigenvalue weighted by Gasteiger charge is -2.29. The van der Waals surface area contributed by atoms with Crippen molar-refractivity contribution in [3.05, 3.63) is 59.7 Å². The summed E-state index contributed by atoms with van der Waals surface area (Å²) in [5.41, 5.74) is 2.08. The fraction of sp³-hybridized carbons (Fsp3) is 0.440. The Morgan fingerprint density at radius 2 is 1.74 bits per heavy atom. The molecule has 0 saturated carbocycles. The smallest absolute Gasteiger partial charge is 0.242 e. The van der Waals surface area contributed by atoms with E-state index in [0.29, 0.717) is 26.0 Å². The molecule has 0 saturated heterocycles. The summed E-state index contributed by atoms with van der Waals surface area (Å²) in [4.78, 5) is 27.3. The largest absolute Gasteiger partial charge is 0.497 e. The Morgan fingerprint density at radius 1 is 1.03 bits per heavy atom. The van der Waals surface area contributed by atoms with E-state index in [1.807, 2.05) is 69.3 Å². The van der Waals surface area contributed by atoms with Crippen LogP contribution in [-0.4, -0.2) is 42.5 Å². The minimum atomic E-state index is -0.584. The molecule has 2 aromatic carbocycles. The highest BCUT2D eigenvalue weighted by atomic mass is 16.5. The van der Waals surface area contributed by atoms with Crippen LogP contribution in [0.3, 0.4) is 0 Å². The summed E-state index contributed by atoms with van der Waals surface area (Å²) >= 11 is 0. The average Bonchev–Trinajstić information content (AvgIpc) is 2.75. The zero-order chi connectivity index (χ0) is 22.8. The molecule has 2 aromatic rings. The van der Waals surface area contributed by atoms with Crippen LogP contribution < -0.4 is 14.8 Å². The zero-order valence-corrected chi connectivity index (χ0v) is 19.2. The molecule has 2 rings (SSSR count). The van der Waals surface area contributed by atoms with Crippen LogP contribution in [0.15, 0.2) is 48.5 Å². The number of benzene rings is 2. The molecule has 168 valence electrons. The van der Waals surface area contributed by atoms with Gasteiger partial charge in [-0.3, -0.25) is 9.59 Å². The van der Waals surface area contributed by atoms with Crippen LogP contribution in [0.2, 0.25) is 0 Å². The van der Waals surface area contributed by atoms with Crippen molar-refractivity contribution in [2.45, 2.75) is 59.2 Å². The van der Waals surface area contributed by atoms with Crippen molar-refractivity contribution in [2.75, 3.05) is 13.7 Å². The van der Waals surface area contributed by atoms with E-state index in [2.05, 4.69) is 5.32 Å². The molecule has 0 spiro atoms. The standard InChI is InChI=1S/C25H34N2O4/c1-18(2)26-25(29)20(4)27(17-21-8-6-9-23(16-21)30-5)24(28)10-7-15-31-22-13-11-19(3)12-14-22/h6,8-9,11-14,16,18,20H,7,10,15,17H2,1-5H3,(H,26,29). The summed E-state index contributed by atoms with van der Waals surface area (Å²) < 4.78 is 11.0. The molecule has 1 unspecified atom stereocenters. The third-order valence-electron chi connectivity index (χ3n) is 4.91. The Kier molecular flexibility index (Phi) is 9.38. The lowest BCUT2D eigenvalue weighted by atomic mass is 10.1. The maximum Gasteiger partial charge on any atom is 0.242 e. The topological polar surface area (TPSA) is 67.9 Å². The van der Waals surface area contributed by atoms with Crippen molar-refractivity contribution < 1.29 is 19.1 Å². The number of carbonyl (C=O) groups is 2. The van der Waals surface area contributed by atoms with Gasteiger partial charge in [0.15, 0.2) is 0 Å². The summed E-state index contributed by atoms with van der Waals surface area (Å²) in [5.74, 6) is 1.26. The molecule has 31 heavy (non-hydrogen) atoms. The maximum atomic E-state index is 13.0. The first-order chi connectivity index (χ1) is 14.8. The van der Waals surface area contributed by atoms with Gasteiger partial charge in [-0.1, -0.05) is 29.8 Å². The van der Waals surface area contributed by atoms with Gasteiger partial charge >= 0.3 is 0 Å². The van der Waals surface area contributed by atoms with Gasteiger partial charge in [0.1, 0.15) is 17.5 Å². The monoisotopic (exact) mass is 426 g/mol. The van der Waals surface area contributed by atoms with E-state index in [0.717, 1.165) is 17.1 Å². The zero-order valence-electron chi connectivity index (χ0n) is 19.2. The summed E-state index contributed by atoms with van der Waals surface area (Å²) in [6.45, 7) is 8.37. The maximum absolute atomic E-state index is 13.0. The second kappa shape index (κ2) is 12.0. The first kappa shape index (κ1) is 24.3. The van der Waals surface area contributed by atoms with E-state index >= 15 is 0 Å². The molecule has 0 aromatic heterocycles. The molecular weight excluding hydrogens is 392 g/mol. The van der Waals surface area contributed by atoms with Crippen LogP contribution >= 0.6 is 0 Å². The minimum Gasteiger partial charge on any atom is -0.497 e. The van der Waals surface area contributed by atoms with Crippen LogP contribution in [0, 0.1) is 6.92 Å². The lowest BCUT2D eigenvalue weighted by Crippen LogP contribution is -2.49. The van der Waals surface area contributed by atoms with Crippen LogP contribution in [0.25, 0.3) is 0 Å². The summed E-state index contributed by atoms with van der Waals surface area (Å²) in [6.07, 6.45) is 0.870. The van der Waals surface area contributed by atoms with Crippen molar-refractivity contribution in [3.8, 4) is 11.5 Å². The van der Waals surface area contributed by atoms with Gasteiger partial charge in [-0.15, -0.1) is 0 Å². The third kappa shape index (κ3) is 7.96. The summed E-state index contributed by atoms with van der Waals surface area (Å²) in [6, 6.07) is 14.8. The Labute approximate surface area is 185 Å². The van der Waals surface area contributed by atoms with Crippen LogP contribution in [-0.2, 0) is 16.1 Å². The summed E-state index contributed by atoms with van der Waals surface area (Å²) in [5, 5.41) is 2.90. The fourth-order valence-corrected chi connectivity index (χ4v) is 3.15. The number of nitrogens with zero attached hydrogens (tertiary/aromatic N) is 1. The van der Waals surface area contributed by atoms with Gasteiger partial charge in [0.25, 0.3) is 0 Å². The second-order valence-electron chi connectivity index (χ2n) is 7.98. The number of aryl methyl sites for hydroxylation is 1. The number of methoxy groups -OCH3 is 1. The van der Waals surface area contributed by atoms with Crippen molar-refractivity contribution >= 4 is 11.8 Å². The van der Waals surface area contributed by atoms with Gasteiger partial charge in [-0.25, -0.2) is 0 Å². The highest BCUT2D eigenvalue weighted by molar-refractivity contribution is 5.87. The van der Waals surface area contributed by atoms with E-state index in [9.17, 15) is 9.59 Å². The molecule has 2 amide bonds. The molecule has 0 aliphatic rings. The Hall–Kier alpha value is -3.02. The molecule has 1 atom stereocenters. The normalized spacial score (nSPS) is 11.7.